The second-order valence-corrected chi connectivity index (χ2v) is 24.6. The third-order valence-electron chi connectivity index (χ3n) is 21.0. The molecule has 2 aromatic heterocycles. The number of fused-ring (bicyclic) bond motifs is 16. The van der Waals surface area contributed by atoms with Gasteiger partial charge in [0, 0.05) is 77.9 Å². The van der Waals surface area contributed by atoms with E-state index in [-0.39, 0.29) is 28.6 Å². The van der Waals surface area contributed by atoms with Crippen molar-refractivity contribution in [2.45, 2.75) is 108 Å². The smallest absolute Gasteiger partial charge is 0.252 e. The summed E-state index contributed by atoms with van der Waals surface area (Å²) in [5, 5.41) is 4.48. The van der Waals surface area contributed by atoms with E-state index in [1.165, 1.54) is 117 Å². The normalized spacial score (nSPS) is 23.6. The van der Waals surface area contributed by atoms with Crippen LogP contribution >= 0.6 is 0 Å². The zero-order valence-corrected chi connectivity index (χ0v) is 45.2. The molecule has 380 valence electrons. The lowest BCUT2D eigenvalue weighted by molar-refractivity contribution is 0.195. The van der Waals surface area contributed by atoms with Gasteiger partial charge in [-0.15, -0.1) is 0 Å². The van der Waals surface area contributed by atoms with E-state index in [1.54, 1.807) is 0 Å². The van der Waals surface area contributed by atoms with Crippen molar-refractivity contribution in [1.29, 1.82) is 0 Å². The molecule has 9 aromatic carbocycles. The van der Waals surface area contributed by atoms with E-state index < -0.39 is 0 Å². The molecule has 0 spiro atoms. The topological polar surface area (TPSA) is 39.2 Å². The molecular weight excluding hydrogens is 952 g/mol. The molecule has 6 aliphatic rings. The first kappa shape index (κ1) is 44.9. The molecule has 2 saturated carbocycles. The summed E-state index contributed by atoms with van der Waals surface area (Å²) in [5.41, 5.74) is 23.3. The fourth-order valence-electron chi connectivity index (χ4n) is 16.9. The Balaban J connectivity index is 0.962. The van der Waals surface area contributed by atoms with E-state index in [9.17, 15) is 0 Å². The summed E-state index contributed by atoms with van der Waals surface area (Å²) in [6.07, 6.45) is 9.56. The van der Waals surface area contributed by atoms with Gasteiger partial charge in [-0.3, -0.25) is 0 Å². The average Bonchev–Trinajstić information content (AvgIpc) is 3.46. The molecule has 7 heteroatoms. The van der Waals surface area contributed by atoms with Gasteiger partial charge in [-0.2, -0.15) is 0 Å². The summed E-state index contributed by atoms with van der Waals surface area (Å²) < 4.78 is 14.1. The van der Waals surface area contributed by atoms with Crippen LogP contribution in [0, 0.1) is 6.92 Å². The monoisotopic (exact) mass is 1010 g/mol. The summed E-state index contributed by atoms with van der Waals surface area (Å²) >= 11 is 0. The van der Waals surface area contributed by atoms with E-state index in [0.29, 0.717) is 0 Å². The lowest BCUT2D eigenvalue weighted by Gasteiger charge is -2.51. The van der Waals surface area contributed by atoms with Crippen molar-refractivity contribution in [1.82, 2.24) is 0 Å². The number of para-hydroxylation sites is 6. The van der Waals surface area contributed by atoms with Gasteiger partial charge in [0.25, 0.3) is 6.71 Å². The third-order valence-corrected chi connectivity index (χ3v) is 21.0. The number of hydrogen-bond donors (Lipinski definition) is 0. The minimum atomic E-state index is -0.103. The van der Waals surface area contributed by atoms with Gasteiger partial charge in [0.2, 0.25) is 0 Å². The molecule has 4 aliphatic heterocycles. The molecule has 0 N–H and O–H groups in total. The molecule has 6 nitrogen and oxygen atoms in total. The van der Waals surface area contributed by atoms with Crippen LogP contribution in [0.1, 0.15) is 95.8 Å². The van der Waals surface area contributed by atoms with Crippen LogP contribution in [0.4, 0.5) is 56.9 Å². The van der Waals surface area contributed by atoms with Crippen LogP contribution < -0.4 is 36.0 Å². The Kier molecular flexibility index (Phi) is 8.94. The fraction of sp³-hybridized carbons (Fsp3) is 0.239. The average molecular weight is 1010 g/mol. The predicted octanol–water partition coefficient (Wildman–Crippen LogP) is 17.4. The Bertz CT molecular complexity index is 4130. The Labute approximate surface area is 456 Å². The largest absolute Gasteiger partial charge is 0.454 e. The van der Waals surface area contributed by atoms with Gasteiger partial charge < -0.3 is 28.4 Å². The summed E-state index contributed by atoms with van der Waals surface area (Å²) in [4.78, 5) is 10.6. The van der Waals surface area contributed by atoms with Gasteiger partial charge in [-0.05, 0) is 152 Å². The number of benzene rings is 9. The van der Waals surface area contributed by atoms with Crippen LogP contribution in [0.3, 0.4) is 0 Å². The number of anilines is 10. The van der Waals surface area contributed by atoms with E-state index in [1.807, 2.05) is 0 Å². The maximum Gasteiger partial charge on any atom is 0.252 e. The summed E-state index contributed by atoms with van der Waals surface area (Å²) in [6.45, 7) is 12.4. The van der Waals surface area contributed by atoms with Crippen molar-refractivity contribution >= 4 is 124 Å². The van der Waals surface area contributed by atoms with E-state index in [4.69, 9.17) is 8.83 Å². The zero-order valence-electron chi connectivity index (χ0n) is 45.2. The third kappa shape index (κ3) is 5.54. The Morgan fingerprint density at radius 1 is 0.385 bits per heavy atom. The Morgan fingerprint density at radius 2 is 0.795 bits per heavy atom. The maximum atomic E-state index is 7.05. The number of hydrogen-bond acceptors (Lipinski definition) is 6. The first-order valence-electron chi connectivity index (χ1n) is 28.7. The summed E-state index contributed by atoms with van der Waals surface area (Å²) in [5.74, 6) is 0. The van der Waals surface area contributed by atoms with E-state index >= 15 is 0 Å². The van der Waals surface area contributed by atoms with Crippen LogP contribution in [-0.2, 0) is 10.8 Å². The molecule has 2 fully saturated rings. The molecule has 2 aliphatic carbocycles. The summed E-state index contributed by atoms with van der Waals surface area (Å²) in [6, 6.07) is 68.9. The lowest BCUT2D eigenvalue weighted by Crippen LogP contribution is -2.61. The first-order valence-corrected chi connectivity index (χ1v) is 28.7. The van der Waals surface area contributed by atoms with Crippen LogP contribution in [0.25, 0.3) is 43.9 Å². The number of furan rings is 2. The standard InChI is InChI=1S/C71H61BN4O2/c1-44-40-61-65-62(41-44)74(58-29-19-23-50-48-21-7-13-31-64(48)78-67(50)58)60-43-46(76-56-27-11-9-25-52(56)69(3)37-15-17-39-71(69,76)5)33-35-54(60)72(65)53-34-32-45(75-55-26-10-8-24-51(55)68(2)36-14-16-38-70(68,75)4)42-59(53)73(61)57-28-18-22-49-47-20-6-12-30-63(47)77-66(49)57/h6-13,18-35,40-43H,14-17,36-39H2,1-5H3. The minimum Gasteiger partial charge on any atom is -0.454 e. The van der Waals surface area contributed by atoms with Gasteiger partial charge in [-0.1, -0.05) is 149 Å². The molecule has 0 amide bonds. The van der Waals surface area contributed by atoms with Crippen molar-refractivity contribution in [3.63, 3.8) is 0 Å². The number of aryl methyl sites for hydroxylation is 1. The van der Waals surface area contributed by atoms with Crippen molar-refractivity contribution < 1.29 is 8.83 Å². The Morgan fingerprint density at radius 3 is 1.28 bits per heavy atom. The van der Waals surface area contributed by atoms with Gasteiger partial charge in [0.05, 0.1) is 22.5 Å². The molecule has 0 radical (unpaired) electrons. The van der Waals surface area contributed by atoms with Crippen molar-refractivity contribution in [3.05, 3.63) is 199 Å². The maximum absolute atomic E-state index is 7.05. The van der Waals surface area contributed by atoms with Crippen molar-refractivity contribution in [2.24, 2.45) is 0 Å². The highest BCUT2D eigenvalue weighted by molar-refractivity contribution is 7.00. The summed E-state index contributed by atoms with van der Waals surface area (Å²) in [7, 11) is 0. The molecule has 78 heavy (non-hydrogen) atoms. The molecule has 4 unspecified atom stereocenters. The fourth-order valence-corrected chi connectivity index (χ4v) is 16.9. The van der Waals surface area contributed by atoms with E-state index in [2.05, 4.69) is 236 Å². The van der Waals surface area contributed by atoms with Gasteiger partial charge in [0.15, 0.2) is 11.2 Å². The van der Waals surface area contributed by atoms with Crippen LogP contribution in [0.5, 0.6) is 0 Å². The lowest BCUT2D eigenvalue weighted by atomic mass is 9.33. The van der Waals surface area contributed by atoms with Crippen molar-refractivity contribution in [3.8, 4) is 0 Å². The highest BCUT2D eigenvalue weighted by atomic mass is 16.3. The van der Waals surface area contributed by atoms with Crippen LogP contribution in [-0.4, -0.2) is 17.8 Å². The molecule has 11 aromatic rings. The van der Waals surface area contributed by atoms with Crippen LogP contribution in [0.15, 0.2) is 191 Å². The SMILES string of the molecule is Cc1cc2c3c(c1)N(c1cccc4c1oc1ccccc14)c1cc(N4c5ccccc5C5(C)CCCCC45C)ccc1B3c1ccc(N3c4ccccc4C4(C)CCCCC34C)cc1N2c1cccc2c1oc1ccccc12. The first-order chi connectivity index (χ1) is 38.1. The predicted molar refractivity (Wildman–Crippen MR) is 325 cm³/mol. The molecule has 6 heterocycles. The molecule has 4 atom stereocenters. The Hall–Kier alpha value is -8.16. The second-order valence-electron chi connectivity index (χ2n) is 24.6. The second kappa shape index (κ2) is 15.5. The highest BCUT2D eigenvalue weighted by Crippen LogP contribution is 2.63. The molecule has 17 rings (SSSR count). The van der Waals surface area contributed by atoms with Gasteiger partial charge >= 0.3 is 0 Å². The number of nitrogens with zero attached hydrogens (tertiary/aromatic N) is 4. The quantitative estimate of drug-likeness (QED) is 0.164. The van der Waals surface area contributed by atoms with Gasteiger partial charge in [0.1, 0.15) is 11.2 Å². The van der Waals surface area contributed by atoms with Gasteiger partial charge in [-0.25, -0.2) is 0 Å². The molecule has 0 bridgehead atoms. The number of rotatable bonds is 4. The highest BCUT2D eigenvalue weighted by Gasteiger charge is 2.59. The molecule has 0 saturated heterocycles. The van der Waals surface area contributed by atoms with E-state index in [0.717, 1.165) is 68.1 Å². The zero-order chi connectivity index (χ0) is 52.0. The van der Waals surface area contributed by atoms with Crippen LogP contribution in [0.2, 0.25) is 0 Å². The molecular formula is C71H61BN4O2. The minimum absolute atomic E-state index is 0.0179. The van der Waals surface area contributed by atoms with Crippen molar-refractivity contribution in [2.75, 3.05) is 19.6 Å².